The molecule has 6 heteroatoms. The SMILES string of the molecule is CCc1ccccc1CNC(=NC)NCc1ccc(Cn2ccccc2=O)cc1.I. The second kappa shape index (κ2) is 12.2. The number of aromatic nitrogens is 1. The largest absolute Gasteiger partial charge is 0.352 e. The molecule has 0 amide bonds. The Morgan fingerprint density at radius 2 is 1.50 bits per heavy atom. The normalized spacial score (nSPS) is 10.9. The molecule has 1 aromatic heterocycles. The third-order valence-corrected chi connectivity index (χ3v) is 4.90. The molecule has 0 saturated carbocycles. The van der Waals surface area contributed by atoms with Gasteiger partial charge < -0.3 is 15.2 Å². The summed E-state index contributed by atoms with van der Waals surface area (Å²) in [5.41, 5.74) is 4.91. The minimum Gasteiger partial charge on any atom is -0.352 e. The lowest BCUT2D eigenvalue weighted by Gasteiger charge is -2.14. The van der Waals surface area contributed by atoms with Crippen LogP contribution in [-0.2, 0) is 26.1 Å². The van der Waals surface area contributed by atoms with Gasteiger partial charge in [-0.15, -0.1) is 24.0 Å². The van der Waals surface area contributed by atoms with Crippen molar-refractivity contribution in [1.82, 2.24) is 15.2 Å². The summed E-state index contributed by atoms with van der Waals surface area (Å²) >= 11 is 0. The molecule has 0 aliphatic heterocycles. The smallest absolute Gasteiger partial charge is 0.250 e. The summed E-state index contributed by atoms with van der Waals surface area (Å²) in [5, 5.41) is 6.74. The fourth-order valence-electron chi connectivity index (χ4n) is 3.21. The highest BCUT2D eigenvalue weighted by Gasteiger charge is 2.03. The highest BCUT2D eigenvalue weighted by atomic mass is 127. The number of nitrogens with zero attached hydrogens (tertiary/aromatic N) is 2. The molecule has 2 N–H and O–H groups in total. The Morgan fingerprint density at radius 1 is 0.867 bits per heavy atom. The van der Waals surface area contributed by atoms with Crippen molar-refractivity contribution in [3.8, 4) is 0 Å². The van der Waals surface area contributed by atoms with Gasteiger partial charge in [0.1, 0.15) is 0 Å². The minimum atomic E-state index is 0. The molecule has 158 valence electrons. The summed E-state index contributed by atoms with van der Waals surface area (Å²) in [4.78, 5) is 16.2. The van der Waals surface area contributed by atoms with E-state index < -0.39 is 0 Å². The van der Waals surface area contributed by atoms with Crippen LogP contribution in [0.2, 0.25) is 0 Å². The lowest BCUT2D eigenvalue weighted by molar-refractivity contribution is 0.758. The van der Waals surface area contributed by atoms with Crippen LogP contribution < -0.4 is 16.2 Å². The maximum absolute atomic E-state index is 11.8. The fourth-order valence-corrected chi connectivity index (χ4v) is 3.21. The highest BCUT2D eigenvalue weighted by Crippen LogP contribution is 2.09. The van der Waals surface area contributed by atoms with E-state index in [4.69, 9.17) is 0 Å². The van der Waals surface area contributed by atoms with Gasteiger partial charge in [0.05, 0.1) is 6.54 Å². The summed E-state index contributed by atoms with van der Waals surface area (Å²) < 4.78 is 1.70. The van der Waals surface area contributed by atoms with Gasteiger partial charge in [0.2, 0.25) is 0 Å². The fraction of sp³-hybridized carbons (Fsp3) is 0.250. The molecule has 0 saturated heterocycles. The molecule has 5 nitrogen and oxygen atoms in total. The number of guanidine groups is 1. The Hall–Kier alpha value is -2.61. The Labute approximate surface area is 195 Å². The molecular formula is C24H29IN4O. The van der Waals surface area contributed by atoms with Crippen LogP contribution in [0, 0.1) is 0 Å². The minimum absolute atomic E-state index is 0. The van der Waals surface area contributed by atoms with Crippen molar-refractivity contribution in [3.05, 3.63) is 106 Å². The summed E-state index contributed by atoms with van der Waals surface area (Å²) in [5.74, 6) is 0.774. The zero-order valence-corrected chi connectivity index (χ0v) is 19.8. The number of aryl methyl sites for hydroxylation is 1. The Bertz CT molecular complexity index is 1010. The molecule has 3 rings (SSSR count). The molecule has 0 aliphatic carbocycles. The van der Waals surface area contributed by atoms with Crippen LogP contribution in [0.25, 0.3) is 0 Å². The van der Waals surface area contributed by atoms with Gasteiger partial charge in [-0.05, 0) is 34.7 Å². The third kappa shape index (κ3) is 6.73. The van der Waals surface area contributed by atoms with E-state index in [0.717, 1.165) is 30.1 Å². The van der Waals surface area contributed by atoms with Crippen LogP contribution in [-0.4, -0.2) is 17.6 Å². The quantitative estimate of drug-likeness (QED) is 0.284. The van der Waals surface area contributed by atoms with Crippen LogP contribution in [0.15, 0.2) is 82.7 Å². The van der Waals surface area contributed by atoms with E-state index in [1.807, 2.05) is 12.3 Å². The van der Waals surface area contributed by atoms with Crippen LogP contribution in [0.5, 0.6) is 0 Å². The maximum Gasteiger partial charge on any atom is 0.250 e. The van der Waals surface area contributed by atoms with Crippen LogP contribution >= 0.6 is 24.0 Å². The molecule has 0 atom stereocenters. The van der Waals surface area contributed by atoms with Crippen LogP contribution in [0.1, 0.15) is 29.2 Å². The van der Waals surface area contributed by atoms with E-state index in [9.17, 15) is 4.79 Å². The first-order valence-electron chi connectivity index (χ1n) is 9.94. The number of rotatable bonds is 7. The van der Waals surface area contributed by atoms with E-state index in [0.29, 0.717) is 13.1 Å². The molecule has 0 unspecified atom stereocenters. The van der Waals surface area contributed by atoms with Crippen molar-refractivity contribution >= 4 is 29.9 Å². The zero-order valence-electron chi connectivity index (χ0n) is 17.5. The van der Waals surface area contributed by atoms with Crippen molar-refractivity contribution in [3.63, 3.8) is 0 Å². The van der Waals surface area contributed by atoms with Gasteiger partial charge in [-0.1, -0.05) is 61.5 Å². The topological polar surface area (TPSA) is 58.4 Å². The van der Waals surface area contributed by atoms with E-state index in [1.54, 1.807) is 23.7 Å². The Balaban J connectivity index is 0.00000320. The second-order valence-corrected chi connectivity index (χ2v) is 6.88. The van der Waals surface area contributed by atoms with Gasteiger partial charge >= 0.3 is 0 Å². The summed E-state index contributed by atoms with van der Waals surface area (Å²) in [7, 11) is 1.78. The van der Waals surface area contributed by atoms with Crippen molar-refractivity contribution in [1.29, 1.82) is 0 Å². The number of hydrogen-bond acceptors (Lipinski definition) is 2. The summed E-state index contributed by atoms with van der Waals surface area (Å²) in [6.07, 6.45) is 2.83. The summed E-state index contributed by atoms with van der Waals surface area (Å²) in [6, 6.07) is 21.9. The summed E-state index contributed by atoms with van der Waals surface area (Å²) in [6.45, 7) is 4.17. The molecule has 3 aromatic rings. The number of halogens is 1. The molecule has 0 spiro atoms. The second-order valence-electron chi connectivity index (χ2n) is 6.88. The van der Waals surface area contributed by atoms with Crippen molar-refractivity contribution in [2.75, 3.05) is 7.05 Å². The molecule has 30 heavy (non-hydrogen) atoms. The maximum atomic E-state index is 11.8. The van der Waals surface area contributed by atoms with E-state index in [1.165, 1.54) is 11.1 Å². The molecular weight excluding hydrogens is 487 g/mol. The molecule has 0 aliphatic rings. The average molecular weight is 516 g/mol. The van der Waals surface area contributed by atoms with E-state index >= 15 is 0 Å². The van der Waals surface area contributed by atoms with Gasteiger partial charge in [0.25, 0.3) is 5.56 Å². The first-order chi connectivity index (χ1) is 14.2. The predicted molar refractivity (Wildman–Crippen MR) is 135 cm³/mol. The number of benzene rings is 2. The van der Waals surface area contributed by atoms with Gasteiger partial charge in [-0.2, -0.15) is 0 Å². The first-order valence-corrected chi connectivity index (χ1v) is 9.94. The predicted octanol–water partition coefficient (Wildman–Crippen LogP) is 3.94. The Kier molecular flexibility index (Phi) is 9.60. The van der Waals surface area contributed by atoms with Gasteiger partial charge in [-0.25, -0.2) is 0 Å². The van der Waals surface area contributed by atoms with E-state index in [-0.39, 0.29) is 29.5 Å². The average Bonchev–Trinajstić information content (AvgIpc) is 2.76. The van der Waals surface area contributed by atoms with Gasteiger partial charge in [-0.3, -0.25) is 9.79 Å². The lowest BCUT2D eigenvalue weighted by Crippen LogP contribution is -2.36. The van der Waals surface area contributed by atoms with Crippen molar-refractivity contribution in [2.24, 2.45) is 4.99 Å². The number of hydrogen-bond donors (Lipinski definition) is 2. The van der Waals surface area contributed by atoms with E-state index in [2.05, 4.69) is 71.1 Å². The number of pyridine rings is 1. The van der Waals surface area contributed by atoms with Crippen LogP contribution in [0.4, 0.5) is 0 Å². The molecule has 0 radical (unpaired) electrons. The zero-order chi connectivity index (χ0) is 20.5. The van der Waals surface area contributed by atoms with Crippen molar-refractivity contribution < 1.29 is 0 Å². The monoisotopic (exact) mass is 516 g/mol. The van der Waals surface area contributed by atoms with Gasteiger partial charge in [0.15, 0.2) is 5.96 Å². The first kappa shape index (κ1) is 23.7. The Morgan fingerprint density at radius 3 is 2.17 bits per heavy atom. The standard InChI is InChI=1S/C24H28N4O.HI/c1-3-21-8-4-5-9-22(21)17-27-24(25-2)26-16-19-11-13-20(14-12-19)18-28-15-7-6-10-23(28)29;/h4-15H,3,16-18H2,1-2H3,(H2,25,26,27);1H. The van der Waals surface area contributed by atoms with Crippen molar-refractivity contribution in [2.45, 2.75) is 33.0 Å². The number of nitrogens with one attached hydrogen (secondary N) is 2. The number of aliphatic imine (C=N–C) groups is 1. The molecule has 1 heterocycles. The molecule has 2 aromatic carbocycles. The highest BCUT2D eigenvalue weighted by molar-refractivity contribution is 14.0. The van der Waals surface area contributed by atoms with Crippen LogP contribution in [0.3, 0.4) is 0 Å². The third-order valence-electron chi connectivity index (χ3n) is 4.90. The van der Waals surface area contributed by atoms with Gasteiger partial charge in [0, 0.05) is 32.4 Å². The molecule has 0 bridgehead atoms. The molecule has 0 fully saturated rings. The lowest BCUT2D eigenvalue weighted by atomic mass is 10.1.